The largest absolute Gasteiger partial charge is 0.417 e. The van der Waals surface area contributed by atoms with Crippen LogP contribution in [-0.4, -0.2) is 38.4 Å². The van der Waals surface area contributed by atoms with E-state index in [9.17, 15) is 9.59 Å². The Bertz CT molecular complexity index is 877. The number of unbranched alkanes of at least 4 members (excludes halogenated alkanes) is 1. The van der Waals surface area contributed by atoms with Gasteiger partial charge < -0.3 is 15.1 Å². The van der Waals surface area contributed by atoms with Gasteiger partial charge in [0.25, 0.3) is 5.89 Å². The highest BCUT2D eigenvalue weighted by Crippen LogP contribution is 2.58. The summed E-state index contributed by atoms with van der Waals surface area (Å²) in [6.45, 7) is 2.75. The lowest BCUT2D eigenvalue weighted by molar-refractivity contribution is -0.139. The highest BCUT2D eigenvalue weighted by molar-refractivity contribution is 5.85. The van der Waals surface area contributed by atoms with Gasteiger partial charge in [0.15, 0.2) is 0 Å². The third-order valence-electron chi connectivity index (χ3n) is 6.06. The van der Waals surface area contributed by atoms with Crippen LogP contribution in [0.25, 0.3) is 11.6 Å². The van der Waals surface area contributed by atoms with Gasteiger partial charge >= 0.3 is 0 Å². The summed E-state index contributed by atoms with van der Waals surface area (Å²) in [6.07, 6.45) is 7.29. The normalized spacial score (nSPS) is 20.7. The maximum Gasteiger partial charge on any atom is 0.266 e. The standard InChI is InChI=1S/C21H27N5O3/c1-2-3-6-14(11-17(22)27)20(28)26-13-21(8-9-21)12-16(26)19-25-24-18(29-19)15-7-4-5-10-23-15/h4-5,7,10,14,16H,2-3,6,8-9,11-13H2,1H3,(H2,22,27)/t14-,16+/m1/s1. The molecule has 1 saturated heterocycles. The van der Waals surface area contributed by atoms with Crippen LogP contribution in [-0.2, 0) is 9.59 Å². The van der Waals surface area contributed by atoms with Crippen molar-refractivity contribution in [3.8, 4) is 11.6 Å². The Morgan fingerprint density at radius 2 is 2.17 bits per heavy atom. The van der Waals surface area contributed by atoms with E-state index in [0.717, 1.165) is 32.1 Å². The number of aromatic nitrogens is 3. The first kappa shape index (κ1) is 19.5. The first-order valence-corrected chi connectivity index (χ1v) is 10.3. The Balaban J connectivity index is 1.58. The molecule has 8 nitrogen and oxygen atoms in total. The molecule has 1 saturated carbocycles. The second-order valence-corrected chi connectivity index (χ2v) is 8.36. The van der Waals surface area contributed by atoms with E-state index in [1.54, 1.807) is 6.20 Å². The quantitative estimate of drug-likeness (QED) is 0.732. The van der Waals surface area contributed by atoms with Crippen molar-refractivity contribution in [1.82, 2.24) is 20.1 Å². The highest BCUT2D eigenvalue weighted by atomic mass is 16.4. The molecule has 0 radical (unpaired) electrons. The van der Waals surface area contributed by atoms with E-state index in [2.05, 4.69) is 22.1 Å². The monoisotopic (exact) mass is 397 g/mol. The van der Waals surface area contributed by atoms with Crippen molar-refractivity contribution >= 4 is 11.8 Å². The first-order valence-electron chi connectivity index (χ1n) is 10.3. The summed E-state index contributed by atoms with van der Waals surface area (Å²) in [7, 11) is 0. The van der Waals surface area contributed by atoms with Crippen LogP contribution in [0.4, 0.5) is 0 Å². The van der Waals surface area contributed by atoms with Gasteiger partial charge in [-0.25, -0.2) is 0 Å². The molecule has 0 unspecified atom stereocenters. The lowest BCUT2D eigenvalue weighted by Crippen LogP contribution is -2.38. The fourth-order valence-electron chi connectivity index (χ4n) is 4.25. The second-order valence-electron chi connectivity index (χ2n) is 8.36. The summed E-state index contributed by atoms with van der Waals surface area (Å²) in [6, 6.07) is 5.24. The summed E-state index contributed by atoms with van der Waals surface area (Å²) in [5.74, 6) is -0.0577. The van der Waals surface area contributed by atoms with Gasteiger partial charge in [0.05, 0.1) is 0 Å². The Morgan fingerprint density at radius 3 is 2.83 bits per heavy atom. The molecule has 29 heavy (non-hydrogen) atoms. The van der Waals surface area contributed by atoms with E-state index in [0.29, 0.717) is 30.4 Å². The van der Waals surface area contributed by atoms with Crippen LogP contribution in [0.2, 0.25) is 0 Å². The Labute approximate surface area is 169 Å². The zero-order valence-electron chi connectivity index (χ0n) is 16.7. The number of hydrogen-bond donors (Lipinski definition) is 1. The van der Waals surface area contributed by atoms with Crippen molar-refractivity contribution in [3.05, 3.63) is 30.3 Å². The van der Waals surface area contributed by atoms with Crippen molar-refractivity contribution in [3.63, 3.8) is 0 Å². The third kappa shape index (κ3) is 4.16. The number of primary amides is 1. The van der Waals surface area contributed by atoms with Gasteiger partial charge in [0, 0.05) is 25.1 Å². The van der Waals surface area contributed by atoms with Crippen LogP contribution in [0, 0.1) is 11.3 Å². The Hall–Kier alpha value is -2.77. The summed E-state index contributed by atoms with van der Waals surface area (Å²) >= 11 is 0. The summed E-state index contributed by atoms with van der Waals surface area (Å²) in [5.41, 5.74) is 6.19. The van der Waals surface area contributed by atoms with Crippen LogP contribution < -0.4 is 5.73 Å². The van der Waals surface area contributed by atoms with Crippen LogP contribution in [0.3, 0.4) is 0 Å². The molecular weight excluding hydrogens is 370 g/mol. The molecule has 1 aliphatic carbocycles. The number of pyridine rings is 1. The number of nitrogens with two attached hydrogens (primary N) is 1. The minimum atomic E-state index is -0.438. The number of carbonyl (C=O) groups is 2. The summed E-state index contributed by atoms with van der Waals surface area (Å²) in [4.78, 5) is 31.0. The zero-order chi connectivity index (χ0) is 20.4. The average Bonchev–Trinajstić information content (AvgIpc) is 3.14. The molecular formula is C21H27N5O3. The number of carbonyl (C=O) groups excluding carboxylic acids is 2. The molecule has 2 aromatic heterocycles. The summed E-state index contributed by atoms with van der Waals surface area (Å²) in [5, 5.41) is 8.39. The molecule has 3 heterocycles. The zero-order valence-corrected chi connectivity index (χ0v) is 16.7. The van der Waals surface area contributed by atoms with Crippen LogP contribution in [0.15, 0.2) is 28.8 Å². The van der Waals surface area contributed by atoms with Crippen molar-refractivity contribution in [2.24, 2.45) is 17.1 Å². The average molecular weight is 397 g/mol. The van der Waals surface area contributed by atoms with Gasteiger partial charge in [0.2, 0.25) is 17.7 Å². The molecule has 1 spiro atoms. The molecule has 1 aliphatic heterocycles. The van der Waals surface area contributed by atoms with E-state index in [1.807, 2.05) is 23.1 Å². The van der Waals surface area contributed by atoms with Crippen molar-refractivity contribution in [1.29, 1.82) is 0 Å². The SMILES string of the molecule is CCCC[C@H](CC(N)=O)C(=O)N1CC2(CC2)C[C@H]1c1nnc(-c2ccccn2)o1. The maximum atomic E-state index is 13.4. The molecule has 2 amide bonds. The topological polar surface area (TPSA) is 115 Å². The number of hydrogen-bond acceptors (Lipinski definition) is 6. The fraction of sp³-hybridized carbons (Fsp3) is 0.571. The van der Waals surface area contributed by atoms with E-state index in [-0.39, 0.29) is 29.7 Å². The van der Waals surface area contributed by atoms with E-state index in [1.165, 1.54) is 0 Å². The minimum Gasteiger partial charge on any atom is -0.417 e. The molecule has 2 aliphatic rings. The van der Waals surface area contributed by atoms with Crippen LogP contribution in [0.1, 0.15) is 63.8 Å². The smallest absolute Gasteiger partial charge is 0.266 e. The fourth-order valence-corrected chi connectivity index (χ4v) is 4.25. The molecule has 2 N–H and O–H groups in total. The van der Waals surface area contributed by atoms with Gasteiger partial charge in [-0.15, -0.1) is 10.2 Å². The third-order valence-corrected chi connectivity index (χ3v) is 6.06. The van der Waals surface area contributed by atoms with Gasteiger partial charge in [-0.1, -0.05) is 25.8 Å². The van der Waals surface area contributed by atoms with Gasteiger partial charge in [-0.2, -0.15) is 0 Å². The van der Waals surface area contributed by atoms with Gasteiger partial charge in [-0.3, -0.25) is 14.6 Å². The minimum absolute atomic E-state index is 0.0244. The van der Waals surface area contributed by atoms with E-state index < -0.39 is 5.91 Å². The number of amides is 2. The molecule has 4 rings (SSSR count). The van der Waals surface area contributed by atoms with Gasteiger partial charge in [-0.05, 0) is 43.2 Å². The van der Waals surface area contributed by atoms with Crippen LogP contribution in [0.5, 0.6) is 0 Å². The summed E-state index contributed by atoms with van der Waals surface area (Å²) < 4.78 is 5.93. The molecule has 2 atom stereocenters. The van der Waals surface area contributed by atoms with Crippen molar-refractivity contribution in [2.45, 2.75) is 57.9 Å². The number of nitrogens with zero attached hydrogens (tertiary/aromatic N) is 4. The second kappa shape index (κ2) is 7.93. The highest BCUT2D eigenvalue weighted by Gasteiger charge is 2.55. The van der Waals surface area contributed by atoms with Crippen LogP contribution >= 0.6 is 0 Å². The molecule has 0 aromatic carbocycles. The van der Waals surface area contributed by atoms with Crippen molar-refractivity contribution in [2.75, 3.05) is 6.54 Å². The molecule has 0 bridgehead atoms. The first-order chi connectivity index (χ1) is 14.0. The Kier molecular flexibility index (Phi) is 5.34. The predicted molar refractivity (Wildman–Crippen MR) is 105 cm³/mol. The van der Waals surface area contributed by atoms with E-state index in [4.69, 9.17) is 10.2 Å². The number of rotatable bonds is 8. The lowest BCUT2D eigenvalue weighted by atomic mass is 9.96. The van der Waals surface area contributed by atoms with Gasteiger partial charge in [0.1, 0.15) is 11.7 Å². The molecule has 8 heteroatoms. The number of likely N-dealkylation sites (tertiary alicyclic amines) is 1. The van der Waals surface area contributed by atoms with Crippen molar-refractivity contribution < 1.29 is 14.0 Å². The lowest BCUT2D eigenvalue weighted by Gasteiger charge is -2.26. The molecule has 2 aromatic rings. The predicted octanol–water partition coefficient (Wildman–Crippen LogP) is 2.87. The molecule has 154 valence electrons. The maximum absolute atomic E-state index is 13.4. The van der Waals surface area contributed by atoms with E-state index >= 15 is 0 Å². The molecule has 2 fully saturated rings. The Morgan fingerprint density at radius 1 is 1.34 bits per heavy atom.